The highest BCUT2D eigenvalue weighted by Gasteiger charge is 2.30. The zero-order valence-electron chi connectivity index (χ0n) is 17.0. The first-order chi connectivity index (χ1) is 15.0. The average molecular weight is 419 g/mol. The molecule has 0 spiro atoms. The summed E-state index contributed by atoms with van der Waals surface area (Å²) in [6, 6.07) is 19.2. The molecular weight excluding hydrogens is 397 g/mol. The summed E-state index contributed by atoms with van der Waals surface area (Å²) >= 11 is 0. The first-order valence-electron chi connectivity index (χ1n) is 10.0. The number of ether oxygens (including phenoxy) is 1. The predicted octanol–water partition coefficient (Wildman–Crippen LogP) is 4.67. The Hall–Kier alpha value is -3.67. The normalized spacial score (nSPS) is 13.2. The van der Waals surface area contributed by atoms with E-state index < -0.39 is 23.9 Å². The van der Waals surface area contributed by atoms with Crippen LogP contribution in [0.4, 0.5) is 9.18 Å². The van der Waals surface area contributed by atoms with Crippen molar-refractivity contribution in [3.8, 4) is 11.1 Å². The lowest BCUT2D eigenvalue weighted by molar-refractivity contribution is -0.139. The molecule has 0 heterocycles. The number of carboxylic acid groups (broad SMARTS) is 1. The number of hydrogen-bond donors (Lipinski definition) is 2. The van der Waals surface area contributed by atoms with Gasteiger partial charge >= 0.3 is 12.1 Å². The van der Waals surface area contributed by atoms with E-state index in [4.69, 9.17) is 4.74 Å². The number of halogens is 1. The molecule has 0 fully saturated rings. The van der Waals surface area contributed by atoms with Gasteiger partial charge in [0.25, 0.3) is 0 Å². The summed E-state index contributed by atoms with van der Waals surface area (Å²) in [6.07, 6.45) is -0.855. The van der Waals surface area contributed by atoms with Crippen LogP contribution >= 0.6 is 0 Å². The smallest absolute Gasteiger partial charge is 0.407 e. The van der Waals surface area contributed by atoms with Crippen LogP contribution < -0.4 is 5.32 Å². The number of nitrogens with one attached hydrogen (secondary N) is 1. The third-order valence-corrected chi connectivity index (χ3v) is 5.74. The second kappa shape index (κ2) is 8.60. The fourth-order valence-electron chi connectivity index (χ4n) is 4.08. The third-order valence-electron chi connectivity index (χ3n) is 5.74. The molecule has 5 nitrogen and oxygen atoms in total. The Bertz CT molecular complexity index is 1100. The van der Waals surface area contributed by atoms with Gasteiger partial charge in [-0.05, 0) is 46.4 Å². The van der Waals surface area contributed by atoms with Gasteiger partial charge in [-0.25, -0.2) is 14.0 Å². The number of alkyl carbamates (subject to hydrolysis) is 1. The van der Waals surface area contributed by atoms with Gasteiger partial charge < -0.3 is 15.2 Å². The molecule has 158 valence electrons. The van der Waals surface area contributed by atoms with Gasteiger partial charge in [0.1, 0.15) is 18.5 Å². The molecule has 0 aliphatic heterocycles. The predicted molar refractivity (Wildman–Crippen MR) is 114 cm³/mol. The van der Waals surface area contributed by atoms with Crippen LogP contribution in [0, 0.1) is 12.7 Å². The van der Waals surface area contributed by atoms with Crippen LogP contribution in [0.5, 0.6) is 0 Å². The maximum atomic E-state index is 13.8. The fourth-order valence-corrected chi connectivity index (χ4v) is 4.08. The Morgan fingerprint density at radius 1 is 1.00 bits per heavy atom. The summed E-state index contributed by atoms with van der Waals surface area (Å²) in [7, 11) is 0. The van der Waals surface area contributed by atoms with E-state index in [0.717, 1.165) is 22.3 Å². The number of carboxylic acids is 1. The molecule has 3 aromatic carbocycles. The second-order valence-corrected chi connectivity index (χ2v) is 7.59. The van der Waals surface area contributed by atoms with E-state index >= 15 is 0 Å². The molecule has 0 aromatic heterocycles. The van der Waals surface area contributed by atoms with Crippen LogP contribution in [0.25, 0.3) is 11.1 Å². The van der Waals surface area contributed by atoms with Crippen LogP contribution in [-0.4, -0.2) is 29.8 Å². The number of amides is 1. The highest BCUT2D eigenvalue weighted by Crippen LogP contribution is 2.44. The van der Waals surface area contributed by atoms with Gasteiger partial charge in [-0.15, -0.1) is 0 Å². The van der Waals surface area contributed by atoms with E-state index in [1.165, 1.54) is 12.1 Å². The van der Waals surface area contributed by atoms with Crippen molar-refractivity contribution in [2.45, 2.75) is 25.3 Å². The highest BCUT2D eigenvalue weighted by atomic mass is 19.1. The van der Waals surface area contributed by atoms with Crippen LogP contribution in [0.3, 0.4) is 0 Å². The molecule has 0 saturated heterocycles. The van der Waals surface area contributed by atoms with Crippen LogP contribution in [0.2, 0.25) is 0 Å². The van der Waals surface area contributed by atoms with Crippen molar-refractivity contribution in [3.05, 3.63) is 94.8 Å². The minimum absolute atomic E-state index is 0.0386. The molecule has 1 amide bonds. The quantitative estimate of drug-likeness (QED) is 0.609. The van der Waals surface area contributed by atoms with E-state index in [-0.39, 0.29) is 18.9 Å². The molecule has 0 unspecified atom stereocenters. The van der Waals surface area contributed by atoms with Gasteiger partial charge in [0.15, 0.2) is 0 Å². The molecule has 6 heteroatoms. The van der Waals surface area contributed by atoms with Crippen LogP contribution in [0.1, 0.15) is 28.2 Å². The van der Waals surface area contributed by atoms with E-state index in [1.807, 2.05) is 48.5 Å². The molecule has 0 radical (unpaired) electrons. The largest absolute Gasteiger partial charge is 0.480 e. The van der Waals surface area contributed by atoms with Crippen molar-refractivity contribution < 1.29 is 23.8 Å². The monoisotopic (exact) mass is 419 g/mol. The van der Waals surface area contributed by atoms with E-state index in [0.29, 0.717) is 11.1 Å². The molecular formula is C25H22FNO4. The molecule has 1 atom stereocenters. The van der Waals surface area contributed by atoms with Crippen LogP contribution in [0.15, 0.2) is 66.7 Å². The maximum Gasteiger partial charge on any atom is 0.407 e. The summed E-state index contributed by atoms with van der Waals surface area (Å²) in [4.78, 5) is 24.1. The molecule has 1 aliphatic rings. The van der Waals surface area contributed by atoms with Crippen molar-refractivity contribution in [2.24, 2.45) is 0 Å². The molecule has 0 saturated carbocycles. The Morgan fingerprint density at radius 3 is 2.23 bits per heavy atom. The van der Waals surface area contributed by atoms with Gasteiger partial charge in [0, 0.05) is 12.3 Å². The van der Waals surface area contributed by atoms with Crippen molar-refractivity contribution in [1.29, 1.82) is 0 Å². The summed E-state index contributed by atoms with van der Waals surface area (Å²) in [5, 5.41) is 11.9. The molecule has 31 heavy (non-hydrogen) atoms. The molecule has 3 aromatic rings. The standard InChI is InChI=1S/C25H22FNO4/c1-15-16(7-6-12-22(15)26)13-23(24(28)29)27-25(30)31-14-21-19-10-4-2-8-17(19)18-9-3-5-11-20(18)21/h2-12,21,23H,13-14H2,1H3,(H,27,30)(H,28,29)/t23-/m1/s1. The lowest BCUT2D eigenvalue weighted by atomic mass is 9.98. The summed E-state index contributed by atoms with van der Waals surface area (Å²) < 4.78 is 19.2. The average Bonchev–Trinajstić information content (AvgIpc) is 3.08. The maximum absolute atomic E-state index is 13.8. The summed E-state index contributed by atoms with van der Waals surface area (Å²) in [5.41, 5.74) is 5.24. The topological polar surface area (TPSA) is 75.6 Å². The van der Waals surface area contributed by atoms with Gasteiger partial charge in [0.2, 0.25) is 0 Å². The SMILES string of the molecule is Cc1c(F)cccc1C[C@@H](NC(=O)OCC1c2ccccc2-c2ccccc21)C(=O)O. The number of carbonyl (C=O) groups excluding carboxylic acids is 1. The summed E-state index contributed by atoms with van der Waals surface area (Å²) in [5.74, 6) is -1.74. The van der Waals surface area contributed by atoms with E-state index in [1.54, 1.807) is 13.0 Å². The van der Waals surface area contributed by atoms with Gasteiger partial charge in [-0.2, -0.15) is 0 Å². The van der Waals surface area contributed by atoms with Crippen molar-refractivity contribution in [3.63, 3.8) is 0 Å². The second-order valence-electron chi connectivity index (χ2n) is 7.59. The van der Waals surface area contributed by atoms with Gasteiger partial charge in [0.05, 0.1) is 0 Å². The molecule has 2 N–H and O–H groups in total. The zero-order valence-corrected chi connectivity index (χ0v) is 17.0. The summed E-state index contributed by atoms with van der Waals surface area (Å²) in [6.45, 7) is 1.67. The molecule has 1 aliphatic carbocycles. The fraction of sp³-hybridized carbons (Fsp3) is 0.200. The van der Waals surface area contributed by atoms with E-state index in [2.05, 4.69) is 5.32 Å². The molecule has 0 bridgehead atoms. The van der Waals surface area contributed by atoms with Crippen molar-refractivity contribution in [1.82, 2.24) is 5.32 Å². The minimum Gasteiger partial charge on any atom is -0.480 e. The van der Waals surface area contributed by atoms with E-state index in [9.17, 15) is 19.1 Å². The van der Waals surface area contributed by atoms with Crippen LogP contribution in [-0.2, 0) is 16.0 Å². The van der Waals surface area contributed by atoms with Gasteiger partial charge in [-0.1, -0.05) is 60.7 Å². The number of rotatable bonds is 6. The number of carbonyl (C=O) groups is 2. The Balaban J connectivity index is 1.45. The minimum atomic E-state index is -1.23. The van der Waals surface area contributed by atoms with Gasteiger partial charge in [-0.3, -0.25) is 0 Å². The number of aliphatic carboxylic acids is 1. The number of benzene rings is 3. The Kier molecular flexibility index (Phi) is 5.71. The number of fused-ring (bicyclic) bond motifs is 3. The lowest BCUT2D eigenvalue weighted by Gasteiger charge is -2.18. The first-order valence-corrected chi connectivity index (χ1v) is 10.0. The Morgan fingerprint density at radius 2 is 1.61 bits per heavy atom. The molecule has 4 rings (SSSR count). The third kappa shape index (κ3) is 4.14. The van der Waals surface area contributed by atoms with Crippen molar-refractivity contribution >= 4 is 12.1 Å². The van der Waals surface area contributed by atoms with Crippen molar-refractivity contribution in [2.75, 3.05) is 6.61 Å². The lowest BCUT2D eigenvalue weighted by Crippen LogP contribution is -2.43. The Labute approximate surface area is 179 Å². The first kappa shape index (κ1) is 20.6. The highest BCUT2D eigenvalue weighted by molar-refractivity contribution is 5.81. The zero-order chi connectivity index (χ0) is 22.0. The number of hydrogen-bond acceptors (Lipinski definition) is 3.